The van der Waals surface area contributed by atoms with E-state index in [1.54, 1.807) is 11.0 Å². The Morgan fingerprint density at radius 2 is 2.30 bits per heavy atom. The van der Waals surface area contributed by atoms with Gasteiger partial charge in [0.15, 0.2) is 0 Å². The second-order valence-electron chi connectivity index (χ2n) is 5.53. The number of hydrogen-bond acceptors (Lipinski definition) is 2. The molecule has 108 valence electrons. The molecular formula is C14H16BrFN2O2. The molecule has 20 heavy (non-hydrogen) atoms. The maximum Gasteiger partial charge on any atom is 0.321 e. The summed E-state index contributed by atoms with van der Waals surface area (Å²) in [6, 6.07) is 4.06. The summed E-state index contributed by atoms with van der Waals surface area (Å²) in [4.78, 5) is 14.0. The predicted molar refractivity (Wildman–Crippen MR) is 77.2 cm³/mol. The van der Waals surface area contributed by atoms with Crippen LogP contribution in [0.4, 0.5) is 14.9 Å². The van der Waals surface area contributed by atoms with Gasteiger partial charge in [0.05, 0.1) is 12.3 Å². The second kappa shape index (κ2) is 5.33. The van der Waals surface area contributed by atoms with E-state index in [1.807, 2.05) is 0 Å². The van der Waals surface area contributed by atoms with Crippen LogP contribution in [-0.4, -0.2) is 37.2 Å². The van der Waals surface area contributed by atoms with Gasteiger partial charge >= 0.3 is 6.03 Å². The summed E-state index contributed by atoms with van der Waals surface area (Å²) >= 11 is 3.31. The first-order valence-electron chi connectivity index (χ1n) is 6.67. The number of amides is 2. The third-order valence-corrected chi connectivity index (χ3v) is 4.77. The van der Waals surface area contributed by atoms with Crippen molar-refractivity contribution in [2.24, 2.45) is 5.41 Å². The molecule has 6 heteroatoms. The number of halogens is 2. The zero-order valence-corrected chi connectivity index (χ0v) is 12.6. The Labute approximate surface area is 125 Å². The summed E-state index contributed by atoms with van der Waals surface area (Å²) < 4.78 is 19.3. The Balaban J connectivity index is 1.66. The van der Waals surface area contributed by atoms with Crippen molar-refractivity contribution in [1.29, 1.82) is 0 Å². The van der Waals surface area contributed by atoms with Crippen molar-refractivity contribution in [2.45, 2.75) is 12.8 Å². The second-order valence-corrected chi connectivity index (χ2v) is 6.38. The van der Waals surface area contributed by atoms with Crippen LogP contribution in [0.2, 0.25) is 0 Å². The van der Waals surface area contributed by atoms with Crippen molar-refractivity contribution < 1.29 is 13.9 Å². The van der Waals surface area contributed by atoms with E-state index in [0.29, 0.717) is 16.7 Å². The number of carbonyl (C=O) groups excluding carboxylic acids is 1. The third kappa shape index (κ3) is 2.67. The molecule has 0 bridgehead atoms. The van der Waals surface area contributed by atoms with E-state index in [4.69, 9.17) is 4.74 Å². The van der Waals surface area contributed by atoms with Crippen LogP contribution in [0.5, 0.6) is 0 Å². The number of anilines is 1. The summed E-state index contributed by atoms with van der Waals surface area (Å²) in [7, 11) is 0. The lowest BCUT2D eigenvalue weighted by Gasteiger charge is -2.22. The number of urea groups is 1. The molecule has 1 aromatic rings. The van der Waals surface area contributed by atoms with Gasteiger partial charge in [-0.2, -0.15) is 0 Å². The summed E-state index contributed by atoms with van der Waals surface area (Å²) in [5, 5.41) is 2.76. The number of likely N-dealkylation sites (tertiary alicyclic amines) is 1. The van der Waals surface area contributed by atoms with Gasteiger partial charge in [-0.3, -0.25) is 0 Å². The quantitative estimate of drug-likeness (QED) is 0.851. The first kappa shape index (κ1) is 13.8. The van der Waals surface area contributed by atoms with Crippen LogP contribution >= 0.6 is 15.9 Å². The lowest BCUT2D eigenvalue weighted by Crippen LogP contribution is -2.35. The molecule has 0 aliphatic carbocycles. The fraction of sp³-hybridized carbons (Fsp3) is 0.500. The molecule has 1 aromatic carbocycles. The highest BCUT2D eigenvalue weighted by atomic mass is 79.9. The van der Waals surface area contributed by atoms with E-state index >= 15 is 0 Å². The first-order valence-corrected chi connectivity index (χ1v) is 7.46. The molecule has 1 N–H and O–H groups in total. The van der Waals surface area contributed by atoms with Crippen LogP contribution in [-0.2, 0) is 4.74 Å². The largest absolute Gasteiger partial charge is 0.381 e. The highest BCUT2D eigenvalue weighted by Crippen LogP contribution is 2.38. The maximum absolute atomic E-state index is 13.2. The third-order valence-electron chi connectivity index (χ3n) is 4.08. The van der Waals surface area contributed by atoms with E-state index in [9.17, 15) is 9.18 Å². The zero-order chi connectivity index (χ0) is 14.2. The van der Waals surface area contributed by atoms with Gasteiger partial charge in [0, 0.05) is 29.6 Å². The van der Waals surface area contributed by atoms with Crippen LogP contribution in [0.3, 0.4) is 0 Å². The number of rotatable bonds is 1. The van der Waals surface area contributed by atoms with Crippen LogP contribution in [0.15, 0.2) is 22.7 Å². The fourth-order valence-electron chi connectivity index (χ4n) is 2.87. The van der Waals surface area contributed by atoms with Gasteiger partial charge in [0.2, 0.25) is 0 Å². The van der Waals surface area contributed by atoms with Crippen molar-refractivity contribution in [3.8, 4) is 0 Å². The van der Waals surface area contributed by atoms with Gasteiger partial charge < -0.3 is 15.0 Å². The molecule has 1 atom stereocenters. The van der Waals surface area contributed by atoms with Gasteiger partial charge in [0.1, 0.15) is 5.82 Å². The minimum Gasteiger partial charge on any atom is -0.381 e. The normalized spacial score (nSPS) is 25.4. The molecule has 2 aliphatic heterocycles. The van der Waals surface area contributed by atoms with Crippen LogP contribution < -0.4 is 5.32 Å². The van der Waals surface area contributed by atoms with Crippen molar-refractivity contribution in [3.63, 3.8) is 0 Å². The Morgan fingerprint density at radius 1 is 1.45 bits per heavy atom. The van der Waals surface area contributed by atoms with Crippen molar-refractivity contribution >= 4 is 27.6 Å². The molecule has 0 unspecified atom stereocenters. The average molecular weight is 343 g/mol. The number of nitrogens with zero attached hydrogens (tertiary/aromatic N) is 1. The average Bonchev–Trinajstić information content (AvgIpc) is 3.05. The molecule has 0 saturated carbocycles. The lowest BCUT2D eigenvalue weighted by atomic mass is 9.87. The van der Waals surface area contributed by atoms with Gasteiger partial charge in [-0.15, -0.1) is 0 Å². The number of nitrogens with one attached hydrogen (secondary N) is 1. The molecule has 4 nitrogen and oxygen atoms in total. The molecule has 2 heterocycles. The number of carbonyl (C=O) groups is 1. The Bertz CT molecular complexity index is 532. The van der Waals surface area contributed by atoms with Gasteiger partial charge in [0.25, 0.3) is 0 Å². The van der Waals surface area contributed by atoms with Crippen LogP contribution in [0.1, 0.15) is 12.8 Å². The molecule has 3 rings (SSSR count). The van der Waals surface area contributed by atoms with Crippen LogP contribution in [0.25, 0.3) is 0 Å². The topological polar surface area (TPSA) is 41.6 Å². The number of ether oxygens (including phenoxy) is 1. The Hall–Kier alpha value is -1.14. The molecular weight excluding hydrogens is 327 g/mol. The molecule has 2 fully saturated rings. The monoisotopic (exact) mass is 342 g/mol. The van der Waals surface area contributed by atoms with Crippen LogP contribution in [0, 0.1) is 11.2 Å². The highest BCUT2D eigenvalue weighted by molar-refractivity contribution is 9.10. The van der Waals surface area contributed by atoms with Crippen molar-refractivity contribution in [2.75, 3.05) is 31.6 Å². The molecule has 1 spiro atoms. The lowest BCUT2D eigenvalue weighted by molar-refractivity contribution is 0.154. The van der Waals surface area contributed by atoms with E-state index in [-0.39, 0.29) is 17.3 Å². The molecule has 2 amide bonds. The Morgan fingerprint density at radius 3 is 3.05 bits per heavy atom. The minimum atomic E-state index is -0.370. The van der Waals surface area contributed by atoms with E-state index in [0.717, 1.165) is 32.6 Å². The van der Waals surface area contributed by atoms with Gasteiger partial charge in [-0.05, 0) is 47.0 Å². The van der Waals surface area contributed by atoms with E-state index in [2.05, 4.69) is 21.2 Å². The van der Waals surface area contributed by atoms with Crippen molar-refractivity contribution in [3.05, 3.63) is 28.5 Å². The fourth-order valence-corrected chi connectivity index (χ4v) is 3.21. The van der Waals surface area contributed by atoms with E-state index < -0.39 is 0 Å². The molecule has 2 aliphatic rings. The minimum absolute atomic E-state index is 0.135. The van der Waals surface area contributed by atoms with Gasteiger partial charge in [-0.1, -0.05) is 0 Å². The summed E-state index contributed by atoms with van der Waals surface area (Å²) in [5.41, 5.74) is 0.592. The Kier molecular flexibility index (Phi) is 3.69. The smallest absolute Gasteiger partial charge is 0.321 e. The SMILES string of the molecule is O=C(Nc1cc(F)ccc1Br)N1CC[C@@]2(CCOC2)C1. The highest BCUT2D eigenvalue weighted by Gasteiger charge is 2.42. The van der Waals surface area contributed by atoms with Crippen molar-refractivity contribution in [1.82, 2.24) is 4.90 Å². The standard InChI is InChI=1S/C14H16BrFN2O2/c15-11-2-1-10(16)7-12(11)17-13(19)18-5-3-14(8-18)4-6-20-9-14/h1-2,7H,3-6,8-9H2,(H,17,19)/t14-/m1/s1. The van der Waals surface area contributed by atoms with E-state index in [1.165, 1.54) is 12.1 Å². The number of benzene rings is 1. The number of hydrogen-bond donors (Lipinski definition) is 1. The van der Waals surface area contributed by atoms with Gasteiger partial charge in [-0.25, -0.2) is 9.18 Å². The maximum atomic E-state index is 13.2. The predicted octanol–water partition coefficient (Wildman–Crippen LogP) is 3.23. The summed E-state index contributed by atoms with van der Waals surface area (Å²) in [5.74, 6) is -0.370. The molecule has 2 saturated heterocycles. The zero-order valence-electron chi connectivity index (χ0n) is 11.0. The molecule has 0 aromatic heterocycles. The summed E-state index contributed by atoms with van der Waals surface area (Å²) in [6.45, 7) is 2.96. The molecule has 0 radical (unpaired) electrons. The first-order chi connectivity index (χ1) is 9.58. The summed E-state index contributed by atoms with van der Waals surface area (Å²) in [6.07, 6.45) is 1.99.